The molecule has 0 aromatic rings. The molecule has 0 amide bonds. The number of hydrogen-bond donors (Lipinski definition) is 0. The molecule has 0 bridgehead atoms. The monoisotopic (exact) mass is 1110 g/mol. The quantitative estimate of drug-likeness (QED) is 0.0261. The Labute approximate surface area is 496 Å². The van der Waals surface area contributed by atoms with E-state index in [2.05, 4.69) is 106 Å². The third kappa shape index (κ3) is 65.4. The molecule has 0 aromatic carbocycles. The third-order valence-corrected chi connectivity index (χ3v) is 15.1. The van der Waals surface area contributed by atoms with Crippen molar-refractivity contribution in [1.82, 2.24) is 0 Å². The first-order chi connectivity index (χ1) is 39.5. The van der Waals surface area contributed by atoms with Crippen molar-refractivity contribution in [2.24, 2.45) is 0 Å². The lowest BCUT2D eigenvalue weighted by Crippen LogP contribution is -2.30. The molecule has 0 saturated heterocycles. The molecule has 0 heterocycles. The molecule has 0 N–H and O–H groups in total. The second-order valence-corrected chi connectivity index (χ2v) is 23.1. The highest BCUT2D eigenvalue weighted by atomic mass is 16.6. The van der Waals surface area contributed by atoms with Gasteiger partial charge in [-0.2, -0.15) is 0 Å². The van der Waals surface area contributed by atoms with Crippen LogP contribution in [0.25, 0.3) is 0 Å². The molecule has 0 aromatic heterocycles. The SMILES string of the molecule is CC/C=C\C/C=C\C/C=C\C/C=C\C/C=C\C/C=C\CCCCCCCCCCC(=O)OCC(COC(=O)CCCCCCCCCC)OC(=O)CCCCCCCCCCCCCCCCC/C=C\CCCCCCCCCC. The first-order valence-electron chi connectivity index (χ1n) is 34.6. The maximum absolute atomic E-state index is 12.9. The Balaban J connectivity index is 4.14. The van der Waals surface area contributed by atoms with Gasteiger partial charge in [0.1, 0.15) is 13.2 Å². The molecule has 0 radical (unpaired) electrons. The van der Waals surface area contributed by atoms with Crippen LogP contribution in [0.1, 0.15) is 348 Å². The van der Waals surface area contributed by atoms with Crippen LogP contribution in [0.15, 0.2) is 85.1 Å². The van der Waals surface area contributed by atoms with E-state index in [1.54, 1.807) is 0 Å². The fourth-order valence-electron chi connectivity index (χ4n) is 9.97. The Bertz CT molecular complexity index is 1520. The number of esters is 3. The number of hydrogen-bond acceptors (Lipinski definition) is 6. The molecule has 0 spiro atoms. The molecule has 0 aliphatic carbocycles. The average molecular weight is 1120 g/mol. The summed E-state index contributed by atoms with van der Waals surface area (Å²) in [5.74, 6) is -0.873. The molecule has 462 valence electrons. The summed E-state index contributed by atoms with van der Waals surface area (Å²) in [6, 6.07) is 0. The van der Waals surface area contributed by atoms with Crippen LogP contribution in [-0.2, 0) is 28.6 Å². The van der Waals surface area contributed by atoms with E-state index in [4.69, 9.17) is 14.2 Å². The van der Waals surface area contributed by atoms with Gasteiger partial charge in [-0.25, -0.2) is 0 Å². The van der Waals surface area contributed by atoms with E-state index in [0.717, 1.165) is 103 Å². The Morgan fingerprint density at radius 2 is 0.487 bits per heavy atom. The summed E-state index contributed by atoms with van der Waals surface area (Å²) < 4.78 is 16.9. The number of carbonyl (C=O) groups is 3. The molecule has 1 atom stereocenters. The van der Waals surface area contributed by atoms with E-state index in [-0.39, 0.29) is 31.1 Å². The van der Waals surface area contributed by atoms with E-state index in [9.17, 15) is 14.4 Å². The normalized spacial score (nSPS) is 12.6. The van der Waals surface area contributed by atoms with Gasteiger partial charge in [-0.3, -0.25) is 14.4 Å². The van der Waals surface area contributed by atoms with Gasteiger partial charge in [0.15, 0.2) is 6.10 Å². The number of carbonyl (C=O) groups excluding carboxylic acids is 3. The topological polar surface area (TPSA) is 78.9 Å². The van der Waals surface area contributed by atoms with Crippen molar-refractivity contribution < 1.29 is 28.6 Å². The first-order valence-corrected chi connectivity index (χ1v) is 34.6. The van der Waals surface area contributed by atoms with Gasteiger partial charge in [-0.1, -0.05) is 318 Å². The average Bonchev–Trinajstić information content (AvgIpc) is 3.46. The Morgan fingerprint density at radius 1 is 0.263 bits per heavy atom. The molecule has 6 nitrogen and oxygen atoms in total. The molecule has 1 unspecified atom stereocenters. The third-order valence-electron chi connectivity index (χ3n) is 15.1. The van der Waals surface area contributed by atoms with Gasteiger partial charge < -0.3 is 14.2 Å². The van der Waals surface area contributed by atoms with Crippen molar-refractivity contribution in [1.29, 1.82) is 0 Å². The molecular weight excluding hydrogens is 985 g/mol. The second kappa shape index (κ2) is 68.1. The van der Waals surface area contributed by atoms with Crippen molar-refractivity contribution in [3.8, 4) is 0 Å². The highest BCUT2D eigenvalue weighted by Gasteiger charge is 2.19. The summed E-state index contributed by atoms with van der Waals surface area (Å²) in [6.45, 7) is 6.53. The number of allylic oxidation sites excluding steroid dienone is 14. The minimum atomic E-state index is -0.778. The molecule has 0 fully saturated rings. The van der Waals surface area contributed by atoms with Gasteiger partial charge in [-0.15, -0.1) is 0 Å². The molecule has 0 aliphatic rings. The van der Waals surface area contributed by atoms with Crippen molar-refractivity contribution in [2.45, 2.75) is 354 Å². The summed E-state index contributed by atoms with van der Waals surface area (Å²) in [5.41, 5.74) is 0. The van der Waals surface area contributed by atoms with Gasteiger partial charge in [0.2, 0.25) is 0 Å². The maximum atomic E-state index is 12.9. The van der Waals surface area contributed by atoms with Gasteiger partial charge in [0.25, 0.3) is 0 Å². The van der Waals surface area contributed by atoms with E-state index in [1.165, 1.54) is 205 Å². The van der Waals surface area contributed by atoms with Crippen LogP contribution < -0.4 is 0 Å². The van der Waals surface area contributed by atoms with Gasteiger partial charge in [0, 0.05) is 19.3 Å². The summed E-state index contributed by atoms with van der Waals surface area (Å²) in [7, 11) is 0. The molecule has 0 rings (SSSR count). The molecule has 0 saturated carbocycles. The van der Waals surface area contributed by atoms with E-state index < -0.39 is 6.10 Å². The van der Waals surface area contributed by atoms with Gasteiger partial charge in [0.05, 0.1) is 0 Å². The summed E-state index contributed by atoms with van der Waals surface area (Å²) >= 11 is 0. The van der Waals surface area contributed by atoms with E-state index in [1.807, 2.05) is 0 Å². The minimum absolute atomic E-state index is 0.0756. The Kier molecular flexibility index (Phi) is 65.2. The summed E-state index contributed by atoms with van der Waals surface area (Å²) in [4.78, 5) is 38.2. The first kappa shape index (κ1) is 76.6. The van der Waals surface area contributed by atoms with Crippen molar-refractivity contribution in [3.05, 3.63) is 85.1 Å². The molecule has 80 heavy (non-hydrogen) atoms. The van der Waals surface area contributed by atoms with Crippen molar-refractivity contribution in [2.75, 3.05) is 13.2 Å². The summed E-state index contributed by atoms with van der Waals surface area (Å²) in [5, 5.41) is 0. The lowest BCUT2D eigenvalue weighted by Gasteiger charge is -2.18. The van der Waals surface area contributed by atoms with E-state index >= 15 is 0 Å². The lowest BCUT2D eigenvalue weighted by molar-refractivity contribution is -0.167. The number of unbranched alkanes of at least 4 members (excludes halogenated alkanes) is 38. The van der Waals surface area contributed by atoms with Crippen LogP contribution in [0, 0.1) is 0 Å². The maximum Gasteiger partial charge on any atom is 0.306 e. The summed E-state index contributed by atoms with van der Waals surface area (Å²) in [6.07, 6.45) is 90.5. The van der Waals surface area contributed by atoms with Crippen LogP contribution in [-0.4, -0.2) is 37.2 Å². The highest BCUT2D eigenvalue weighted by Crippen LogP contribution is 2.17. The zero-order valence-electron chi connectivity index (χ0n) is 53.1. The van der Waals surface area contributed by atoms with Crippen LogP contribution in [0.4, 0.5) is 0 Å². The highest BCUT2D eigenvalue weighted by molar-refractivity contribution is 5.71. The predicted octanol–water partition coefficient (Wildman–Crippen LogP) is 23.8. The van der Waals surface area contributed by atoms with Gasteiger partial charge in [-0.05, 0) is 96.3 Å². The van der Waals surface area contributed by atoms with Crippen molar-refractivity contribution >= 4 is 17.9 Å². The van der Waals surface area contributed by atoms with Crippen molar-refractivity contribution in [3.63, 3.8) is 0 Å². The second-order valence-electron chi connectivity index (χ2n) is 23.1. The Morgan fingerprint density at radius 3 is 0.775 bits per heavy atom. The standard InChI is InChI=1S/C74H130O6/c1-4-7-10-13-16-19-21-23-25-27-29-31-33-35-37-39-41-43-45-47-49-51-53-55-58-61-64-67-73(76)79-70-71(69-78-72(75)66-63-60-57-18-15-12-9-6-3)80-74(77)68-65-62-59-56-54-52-50-48-46-44-42-40-38-36-34-32-30-28-26-24-22-20-17-14-11-8-5-2/h7,10,16,19,23,25,28-31,35,37,41,43,71H,4-6,8-9,11-15,17-18,20-22,24,26-27,32-34,36,38-40,42,44-70H2,1-3H3/b10-7-,19-16-,25-23-,30-28-,31-29-,37-35-,43-41-. The predicted molar refractivity (Wildman–Crippen MR) is 348 cm³/mol. The largest absolute Gasteiger partial charge is 0.462 e. The zero-order chi connectivity index (χ0) is 57.8. The lowest BCUT2D eigenvalue weighted by atomic mass is 10.0. The fraction of sp³-hybridized carbons (Fsp3) is 0.770. The number of rotatable bonds is 63. The van der Waals surface area contributed by atoms with Gasteiger partial charge >= 0.3 is 17.9 Å². The smallest absolute Gasteiger partial charge is 0.306 e. The van der Waals surface area contributed by atoms with E-state index in [0.29, 0.717) is 19.3 Å². The zero-order valence-corrected chi connectivity index (χ0v) is 53.1. The van der Waals surface area contributed by atoms with Crippen LogP contribution in [0.5, 0.6) is 0 Å². The molecule has 0 aliphatic heterocycles. The van der Waals surface area contributed by atoms with Crippen LogP contribution in [0.2, 0.25) is 0 Å². The number of ether oxygens (including phenoxy) is 3. The van der Waals surface area contributed by atoms with Crippen LogP contribution in [0.3, 0.4) is 0 Å². The minimum Gasteiger partial charge on any atom is -0.462 e. The molecular formula is C74H130O6. The molecule has 6 heteroatoms. The fourth-order valence-corrected chi connectivity index (χ4v) is 9.97. The van der Waals surface area contributed by atoms with Crippen LogP contribution >= 0.6 is 0 Å². The Hall–Kier alpha value is -3.41.